The van der Waals surface area contributed by atoms with E-state index in [9.17, 15) is 4.79 Å². The number of piperidine rings is 1. The lowest BCUT2D eigenvalue weighted by atomic mass is 10.1. The summed E-state index contributed by atoms with van der Waals surface area (Å²) in [6, 6.07) is 17.4. The highest BCUT2D eigenvalue weighted by Crippen LogP contribution is 2.14. The lowest BCUT2D eigenvalue weighted by molar-refractivity contribution is 0.0971. The summed E-state index contributed by atoms with van der Waals surface area (Å²) >= 11 is 0. The highest BCUT2D eigenvalue weighted by molar-refractivity contribution is 6.06. The van der Waals surface area contributed by atoms with Crippen LogP contribution >= 0.6 is 0 Å². The van der Waals surface area contributed by atoms with E-state index in [0.29, 0.717) is 11.5 Å². The number of guanidine groups is 1. The van der Waals surface area contributed by atoms with Gasteiger partial charge in [0.2, 0.25) is 5.96 Å². The van der Waals surface area contributed by atoms with Crippen molar-refractivity contribution >= 4 is 17.6 Å². The van der Waals surface area contributed by atoms with Crippen LogP contribution in [0.5, 0.6) is 0 Å². The summed E-state index contributed by atoms with van der Waals surface area (Å²) in [7, 11) is 0. The number of hydrogen-bond donors (Lipinski definition) is 1. The van der Waals surface area contributed by atoms with Crippen molar-refractivity contribution in [1.82, 2.24) is 10.2 Å². The number of para-hydroxylation sites is 1. The Morgan fingerprint density at radius 1 is 0.958 bits per heavy atom. The Hall–Kier alpha value is -2.62. The minimum Gasteiger partial charge on any atom is -0.342 e. The van der Waals surface area contributed by atoms with Gasteiger partial charge in [0.05, 0.1) is 5.69 Å². The molecule has 3 rings (SSSR count). The monoisotopic (exact) mass is 321 g/mol. The molecule has 1 heterocycles. The fourth-order valence-corrected chi connectivity index (χ4v) is 2.79. The fraction of sp³-hybridized carbons (Fsp3) is 0.300. The second-order valence-corrected chi connectivity index (χ2v) is 6.14. The molecule has 0 unspecified atom stereocenters. The zero-order valence-corrected chi connectivity index (χ0v) is 14.0. The Kier molecular flexibility index (Phi) is 5.26. The van der Waals surface area contributed by atoms with Crippen LogP contribution in [0, 0.1) is 6.92 Å². The number of nitrogens with zero attached hydrogens (tertiary/aromatic N) is 2. The number of amides is 1. The van der Waals surface area contributed by atoms with Gasteiger partial charge in [0.15, 0.2) is 0 Å². The summed E-state index contributed by atoms with van der Waals surface area (Å²) in [6.07, 6.45) is 3.50. The minimum atomic E-state index is -0.116. The van der Waals surface area contributed by atoms with Crippen LogP contribution in [0.3, 0.4) is 0 Å². The van der Waals surface area contributed by atoms with E-state index >= 15 is 0 Å². The summed E-state index contributed by atoms with van der Waals surface area (Å²) in [5.74, 6) is 0.529. The number of aryl methyl sites for hydroxylation is 1. The molecule has 2 aromatic rings. The molecule has 0 aliphatic carbocycles. The topological polar surface area (TPSA) is 44.7 Å². The summed E-state index contributed by atoms with van der Waals surface area (Å²) in [6.45, 7) is 3.87. The molecule has 1 saturated heterocycles. The molecule has 1 fully saturated rings. The first-order chi connectivity index (χ1) is 11.7. The molecule has 1 N–H and O–H groups in total. The first-order valence-corrected chi connectivity index (χ1v) is 8.49. The predicted molar refractivity (Wildman–Crippen MR) is 97.6 cm³/mol. The van der Waals surface area contributed by atoms with E-state index in [1.165, 1.54) is 6.42 Å². The van der Waals surface area contributed by atoms with E-state index in [-0.39, 0.29) is 5.91 Å². The molecule has 0 saturated carbocycles. The molecule has 2 aromatic carbocycles. The van der Waals surface area contributed by atoms with Gasteiger partial charge in [-0.25, -0.2) is 4.99 Å². The van der Waals surface area contributed by atoms with Gasteiger partial charge in [-0.3, -0.25) is 10.1 Å². The number of likely N-dealkylation sites (tertiary alicyclic amines) is 1. The Bertz CT molecular complexity index is 701. The first-order valence-electron chi connectivity index (χ1n) is 8.49. The van der Waals surface area contributed by atoms with Crippen LogP contribution in [0.25, 0.3) is 0 Å². The summed E-state index contributed by atoms with van der Waals surface area (Å²) in [5.41, 5.74) is 2.64. The average Bonchev–Trinajstić information content (AvgIpc) is 2.63. The SMILES string of the molecule is Cc1ccc(C(=O)NC(=Nc2ccccc2)N2CCCCC2)cc1. The standard InChI is InChI=1S/C20H23N3O/c1-16-10-12-17(13-11-16)19(24)22-20(23-14-6-3-7-15-23)21-18-8-4-2-5-9-18/h2,4-5,8-13H,3,6-7,14-15H2,1H3,(H,21,22,24). The third kappa shape index (κ3) is 4.22. The molecular weight excluding hydrogens is 298 g/mol. The number of hydrogen-bond acceptors (Lipinski definition) is 2. The molecule has 0 bridgehead atoms. The number of carbonyl (C=O) groups is 1. The summed E-state index contributed by atoms with van der Waals surface area (Å²) in [5, 5.41) is 3.01. The largest absolute Gasteiger partial charge is 0.342 e. The normalized spacial score (nSPS) is 15.2. The zero-order chi connectivity index (χ0) is 16.8. The van der Waals surface area contributed by atoms with Gasteiger partial charge >= 0.3 is 0 Å². The second kappa shape index (κ2) is 7.77. The number of benzene rings is 2. The zero-order valence-electron chi connectivity index (χ0n) is 14.0. The first kappa shape index (κ1) is 16.2. The van der Waals surface area contributed by atoms with Crippen LogP contribution < -0.4 is 5.32 Å². The summed E-state index contributed by atoms with van der Waals surface area (Å²) < 4.78 is 0. The molecule has 4 heteroatoms. The van der Waals surface area contributed by atoms with Gasteiger partial charge in [0.1, 0.15) is 0 Å². The Balaban J connectivity index is 1.82. The molecule has 24 heavy (non-hydrogen) atoms. The Labute approximate surface area is 143 Å². The second-order valence-electron chi connectivity index (χ2n) is 6.14. The maximum atomic E-state index is 12.6. The van der Waals surface area contributed by atoms with Crippen LogP contribution in [0.1, 0.15) is 35.2 Å². The molecule has 0 radical (unpaired) electrons. The van der Waals surface area contributed by atoms with E-state index < -0.39 is 0 Å². The molecule has 0 atom stereocenters. The third-order valence-electron chi connectivity index (χ3n) is 4.19. The van der Waals surface area contributed by atoms with E-state index in [0.717, 1.165) is 37.2 Å². The van der Waals surface area contributed by atoms with Gasteiger partial charge in [-0.05, 0) is 50.5 Å². The Morgan fingerprint density at radius 2 is 1.62 bits per heavy atom. The molecule has 1 aliphatic heterocycles. The number of carbonyl (C=O) groups excluding carboxylic acids is 1. The van der Waals surface area contributed by atoms with E-state index in [1.807, 2.05) is 61.5 Å². The molecular formula is C20H23N3O. The lowest BCUT2D eigenvalue weighted by Crippen LogP contribution is -2.46. The van der Waals surface area contributed by atoms with Crippen LogP contribution in [0.2, 0.25) is 0 Å². The Morgan fingerprint density at radius 3 is 2.29 bits per heavy atom. The lowest BCUT2D eigenvalue weighted by Gasteiger charge is -2.29. The van der Waals surface area contributed by atoms with Crippen LogP contribution in [0.4, 0.5) is 5.69 Å². The van der Waals surface area contributed by atoms with Crippen molar-refractivity contribution in [3.63, 3.8) is 0 Å². The van der Waals surface area contributed by atoms with Crippen molar-refractivity contribution in [1.29, 1.82) is 0 Å². The van der Waals surface area contributed by atoms with Crippen molar-refractivity contribution in [2.75, 3.05) is 13.1 Å². The van der Waals surface area contributed by atoms with Gasteiger partial charge < -0.3 is 4.90 Å². The molecule has 0 spiro atoms. The van der Waals surface area contributed by atoms with Gasteiger partial charge in [0, 0.05) is 18.7 Å². The van der Waals surface area contributed by atoms with Crippen molar-refractivity contribution in [3.8, 4) is 0 Å². The number of rotatable bonds is 2. The molecule has 1 amide bonds. The summed E-state index contributed by atoms with van der Waals surface area (Å²) in [4.78, 5) is 19.4. The van der Waals surface area contributed by atoms with Crippen LogP contribution in [-0.4, -0.2) is 29.9 Å². The van der Waals surface area contributed by atoms with Gasteiger partial charge in [-0.1, -0.05) is 35.9 Å². The fourth-order valence-electron chi connectivity index (χ4n) is 2.79. The van der Waals surface area contributed by atoms with Gasteiger partial charge in [-0.15, -0.1) is 0 Å². The average molecular weight is 321 g/mol. The molecule has 124 valence electrons. The number of aliphatic imine (C=N–C) groups is 1. The van der Waals surface area contributed by atoms with E-state index in [1.54, 1.807) is 0 Å². The maximum absolute atomic E-state index is 12.6. The molecule has 1 aliphatic rings. The van der Waals surface area contributed by atoms with Crippen LogP contribution in [0.15, 0.2) is 59.6 Å². The van der Waals surface area contributed by atoms with Gasteiger partial charge in [-0.2, -0.15) is 0 Å². The van der Waals surface area contributed by atoms with Crippen molar-refractivity contribution < 1.29 is 4.79 Å². The quantitative estimate of drug-likeness (QED) is 0.673. The smallest absolute Gasteiger partial charge is 0.257 e. The molecule has 0 aromatic heterocycles. The predicted octanol–water partition coefficient (Wildman–Crippen LogP) is 3.90. The van der Waals surface area contributed by atoms with Crippen LogP contribution in [-0.2, 0) is 0 Å². The highest BCUT2D eigenvalue weighted by Gasteiger charge is 2.18. The number of nitrogens with one attached hydrogen (secondary N) is 1. The van der Waals surface area contributed by atoms with Gasteiger partial charge in [0.25, 0.3) is 5.91 Å². The third-order valence-corrected chi connectivity index (χ3v) is 4.19. The minimum absolute atomic E-state index is 0.116. The maximum Gasteiger partial charge on any atom is 0.257 e. The van der Waals surface area contributed by atoms with E-state index in [4.69, 9.17) is 0 Å². The van der Waals surface area contributed by atoms with Crippen molar-refractivity contribution in [2.24, 2.45) is 4.99 Å². The molecule has 4 nitrogen and oxygen atoms in total. The highest BCUT2D eigenvalue weighted by atomic mass is 16.1. The van der Waals surface area contributed by atoms with E-state index in [2.05, 4.69) is 15.2 Å². The van der Waals surface area contributed by atoms with Crippen molar-refractivity contribution in [3.05, 3.63) is 65.7 Å². The van der Waals surface area contributed by atoms with Crippen molar-refractivity contribution in [2.45, 2.75) is 26.2 Å².